The number of aromatic nitrogens is 3. The van der Waals surface area contributed by atoms with E-state index in [1.165, 1.54) is 6.20 Å². The number of imidazole rings is 1. The van der Waals surface area contributed by atoms with Crippen molar-refractivity contribution in [1.82, 2.24) is 14.5 Å². The number of rotatable bonds is 2. The highest BCUT2D eigenvalue weighted by Crippen LogP contribution is 2.24. The third kappa shape index (κ3) is 1.81. The molecule has 0 aliphatic heterocycles. The molecule has 100 valence electrons. The number of fused-ring (bicyclic) bond motifs is 1. The van der Waals surface area contributed by atoms with Crippen LogP contribution in [-0.4, -0.2) is 30.7 Å². The van der Waals surface area contributed by atoms with Crippen molar-refractivity contribution in [3.8, 4) is 11.6 Å². The zero-order valence-corrected chi connectivity index (χ0v) is 10.3. The van der Waals surface area contributed by atoms with Gasteiger partial charge in [0.1, 0.15) is 11.6 Å². The molecule has 0 fully saturated rings. The van der Waals surface area contributed by atoms with Crippen LogP contribution in [0.4, 0.5) is 0 Å². The quantitative estimate of drug-likeness (QED) is 0.280. The fraction of sp³-hybridized carbons (Fsp3) is 0. The number of oxime groups is 1. The fourth-order valence-corrected chi connectivity index (χ4v) is 2.04. The molecule has 0 unspecified atom stereocenters. The predicted molar refractivity (Wildman–Crippen MR) is 73.0 cm³/mol. The smallest absolute Gasteiger partial charge is 0.206 e. The summed E-state index contributed by atoms with van der Waals surface area (Å²) in [6.45, 7) is 0. The van der Waals surface area contributed by atoms with Crippen molar-refractivity contribution >= 4 is 16.6 Å². The van der Waals surface area contributed by atoms with Gasteiger partial charge in [-0.25, -0.2) is 9.97 Å². The number of pyridine rings is 1. The van der Waals surface area contributed by atoms with E-state index >= 15 is 0 Å². The maximum atomic E-state index is 9.64. The lowest BCUT2D eigenvalue weighted by atomic mass is 10.1. The fourth-order valence-electron chi connectivity index (χ4n) is 2.04. The second-order valence-corrected chi connectivity index (χ2v) is 4.15. The van der Waals surface area contributed by atoms with Crippen molar-refractivity contribution < 1.29 is 10.3 Å². The molecule has 2 heterocycles. The number of hydrogen-bond acceptors (Lipinski definition) is 5. The molecule has 0 bridgehead atoms. The Labute approximate surface area is 113 Å². The first-order valence-corrected chi connectivity index (χ1v) is 5.80. The van der Waals surface area contributed by atoms with E-state index in [1.54, 1.807) is 35.2 Å². The summed E-state index contributed by atoms with van der Waals surface area (Å²) in [6.07, 6.45) is 4.82. The Balaban J connectivity index is 2.30. The number of benzene rings is 1. The van der Waals surface area contributed by atoms with Crippen LogP contribution in [-0.2, 0) is 0 Å². The normalized spacial score (nSPS) is 11.9. The number of aromatic hydroxyl groups is 1. The Bertz CT molecular complexity index is 809. The molecule has 0 saturated carbocycles. The van der Waals surface area contributed by atoms with Gasteiger partial charge in [0.05, 0.1) is 0 Å². The minimum absolute atomic E-state index is 0.117. The molecule has 0 radical (unpaired) electrons. The molecule has 20 heavy (non-hydrogen) atoms. The highest BCUT2D eigenvalue weighted by atomic mass is 16.4. The first-order valence-electron chi connectivity index (χ1n) is 5.80. The van der Waals surface area contributed by atoms with E-state index in [4.69, 9.17) is 10.9 Å². The summed E-state index contributed by atoms with van der Waals surface area (Å²) in [5.41, 5.74) is 5.59. The molecule has 0 aliphatic rings. The molecule has 0 amide bonds. The lowest BCUT2D eigenvalue weighted by molar-refractivity contribution is 0.318. The minimum Gasteiger partial charge on any atom is -0.508 e. The van der Waals surface area contributed by atoms with Gasteiger partial charge in [-0.2, -0.15) is 0 Å². The Morgan fingerprint density at radius 1 is 1.20 bits per heavy atom. The molecule has 4 N–H and O–H groups in total. The highest BCUT2D eigenvalue weighted by molar-refractivity contribution is 5.96. The number of nitrogens with two attached hydrogens (primary N) is 1. The van der Waals surface area contributed by atoms with Crippen LogP contribution in [0, 0.1) is 0 Å². The summed E-state index contributed by atoms with van der Waals surface area (Å²) in [7, 11) is 0. The van der Waals surface area contributed by atoms with E-state index in [0.29, 0.717) is 5.82 Å². The Morgan fingerprint density at radius 3 is 2.85 bits per heavy atom. The number of phenolic OH excluding ortho intramolecular Hbond substituents is 1. The van der Waals surface area contributed by atoms with Gasteiger partial charge in [0.25, 0.3) is 0 Å². The van der Waals surface area contributed by atoms with Gasteiger partial charge in [-0.05, 0) is 23.6 Å². The van der Waals surface area contributed by atoms with Crippen LogP contribution in [0.15, 0.2) is 48.0 Å². The first kappa shape index (κ1) is 12.0. The molecule has 3 rings (SSSR count). The van der Waals surface area contributed by atoms with Crippen molar-refractivity contribution in [2.75, 3.05) is 0 Å². The van der Waals surface area contributed by atoms with Gasteiger partial charge >= 0.3 is 0 Å². The van der Waals surface area contributed by atoms with E-state index < -0.39 is 0 Å². The van der Waals surface area contributed by atoms with Gasteiger partial charge in [-0.1, -0.05) is 11.2 Å². The van der Waals surface area contributed by atoms with Crippen LogP contribution in [0.3, 0.4) is 0 Å². The van der Waals surface area contributed by atoms with E-state index in [1.807, 2.05) is 6.07 Å². The molecule has 3 aromatic rings. The second-order valence-electron chi connectivity index (χ2n) is 4.15. The van der Waals surface area contributed by atoms with E-state index in [0.717, 1.165) is 10.8 Å². The number of amidine groups is 1. The number of nitrogens with zero attached hydrogens (tertiary/aromatic N) is 4. The van der Waals surface area contributed by atoms with Crippen LogP contribution in [0.1, 0.15) is 5.82 Å². The van der Waals surface area contributed by atoms with E-state index in [2.05, 4.69) is 15.1 Å². The molecule has 7 nitrogen and oxygen atoms in total. The molecular formula is C13H11N5O2. The standard InChI is InChI=1S/C13H11N5O2/c14-11(17-20)13-16-5-6-18(13)12-10-7-9(19)2-1-8(10)3-4-15-12/h1-7,19-20H,(H2,14,17). The average Bonchev–Trinajstić information content (AvgIpc) is 2.95. The third-order valence-corrected chi connectivity index (χ3v) is 2.93. The van der Waals surface area contributed by atoms with Crippen LogP contribution >= 0.6 is 0 Å². The minimum atomic E-state index is -0.117. The summed E-state index contributed by atoms with van der Waals surface area (Å²) < 4.78 is 1.59. The monoisotopic (exact) mass is 269 g/mol. The Kier molecular flexibility index (Phi) is 2.72. The molecule has 0 saturated heterocycles. The van der Waals surface area contributed by atoms with Gasteiger partial charge < -0.3 is 16.0 Å². The van der Waals surface area contributed by atoms with Crippen molar-refractivity contribution in [2.24, 2.45) is 10.9 Å². The molecule has 1 aromatic carbocycles. The Morgan fingerprint density at radius 2 is 2.05 bits per heavy atom. The molecule has 7 heteroatoms. The molecule has 0 atom stereocenters. The van der Waals surface area contributed by atoms with Crippen molar-refractivity contribution in [1.29, 1.82) is 0 Å². The maximum absolute atomic E-state index is 9.64. The second kappa shape index (κ2) is 4.54. The highest BCUT2D eigenvalue weighted by Gasteiger charge is 2.13. The van der Waals surface area contributed by atoms with E-state index in [9.17, 15) is 5.11 Å². The van der Waals surface area contributed by atoms with Gasteiger partial charge in [-0.15, -0.1) is 0 Å². The van der Waals surface area contributed by atoms with Crippen LogP contribution in [0.25, 0.3) is 16.6 Å². The summed E-state index contributed by atoms with van der Waals surface area (Å²) in [5, 5.41) is 23.0. The molecule has 0 spiro atoms. The van der Waals surface area contributed by atoms with Crippen molar-refractivity contribution in [3.63, 3.8) is 0 Å². The maximum Gasteiger partial charge on any atom is 0.206 e. The van der Waals surface area contributed by atoms with Crippen LogP contribution in [0.2, 0.25) is 0 Å². The van der Waals surface area contributed by atoms with Gasteiger partial charge in [-0.3, -0.25) is 4.57 Å². The summed E-state index contributed by atoms with van der Waals surface area (Å²) in [4.78, 5) is 8.32. The first-order chi connectivity index (χ1) is 9.70. The zero-order chi connectivity index (χ0) is 14.1. The Hall–Kier alpha value is -3.09. The van der Waals surface area contributed by atoms with Gasteiger partial charge in [0.2, 0.25) is 5.84 Å². The molecular weight excluding hydrogens is 258 g/mol. The largest absolute Gasteiger partial charge is 0.508 e. The summed E-state index contributed by atoms with van der Waals surface area (Å²) >= 11 is 0. The van der Waals surface area contributed by atoms with Crippen LogP contribution in [0.5, 0.6) is 5.75 Å². The molecule has 2 aromatic heterocycles. The van der Waals surface area contributed by atoms with Gasteiger partial charge in [0.15, 0.2) is 5.82 Å². The topological polar surface area (TPSA) is 110 Å². The summed E-state index contributed by atoms with van der Waals surface area (Å²) in [5.74, 6) is 0.833. The lowest BCUT2D eigenvalue weighted by Crippen LogP contribution is -2.19. The number of hydrogen-bond donors (Lipinski definition) is 3. The number of phenols is 1. The van der Waals surface area contributed by atoms with Crippen molar-refractivity contribution in [2.45, 2.75) is 0 Å². The SMILES string of the molecule is N/C(=N/O)c1nccn1-c1nccc2ccc(O)cc12. The lowest BCUT2D eigenvalue weighted by Gasteiger charge is -2.09. The van der Waals surface area contributed by atoms with Crippen molar-refractivity contribution in [3.05, 3.63) is 48.7 Å². The zero-order valence-electron chi connectivity index (χ0n) is 10.3. The van der Waals surface area contributed by atoms with Gasteiger partial charge in [0, 0.05) is 24.0 Å². The summed E-state index contributed by atoms with van der Waals surface area (Å²) in [6, 6.07) is 6.83. The predicted octanol–water partition coefficient (Wildman–Crippen LogP) is 1.22. The average molecular weight is 269 g/mol. The van der Waals surface area contributed by atoms with Crippen LogP contribution < -0.4 is 5.73 Å². The third-order valence-electron chi connectivity index (χ3n) is 2.93. The van der Waals surface area contributed by atoms with E-state index in [-0.39, 0.29) is 17.4 Å². The molecule has 0 aliphatic carbocycles.